The Morgan fingerprint density at radius 1 is 1.18 bits per heavy atom. The second-order valence-electron chi connectivity index (χ2n) is 3.09. The Morgan fingerprint density at radius 2 is 1.71 bits per heavy atom. The van der Waals surface area contributed by atoms with Gasteiger partial charge in [-0.2, -0.15) is 13.2 Å². The topological polar surface area (TPSA) is 63.6 Å². The molecule has 0 amide bonds. The predicted molar refractivity (Wildman–Crippen MR) is 49.7 cm³/mol. The van der Waals surface area contributed by atoms with E-state index in [1.807, 2.05) is 0 Å². The fraction of sp³-hybridized carbons (Fsp3) is 0.200. The number of esters is 1. The Balaban J connectivity index is 3.39. The number of carboxylic acids is 1. The molecule has 0 unspecified atom stereocenters. The minimum Gasteiger partial charge on any atom is -0.478 e. The van der Waals surface area contributed by atoms with Crippen LogP contribution in [0.4, 0.5) is 13.2 Å². The molecule has 1 aromatic carbocycles. The van der Waals surface area contributed by atoms with Crippen molar-refractivity contribution in [2.75, 3.05) is 7.11 Å². The van der Waals surface area contributed by atoms with Crippen molar-refractivity contribution in [1.29, 1.82) is 0 Å². The van der Waals surface area contributed by atoms with E-state index >= 15 is 0 Å². The maximum Gasteiger partial charge on any atom is 0.416 e. The number of hydrogen-bond acceptors (Lipinski definition) is 3. The van der Waals surface area contributed by atoms with Crippen molar-refractivity contribution in [3.05, 3.63) is 34.9 Å². The van der Waals surface area contributed by atoms with Gasteiger partial charge in [-0.1, -0.05) is 0 Å². The summed E-state index contributed by atoms with van der Waals surface area (Å²) in [6, 6.07) is 1.82. The lowest BCUT2D eigenvalue weighted by molar-refractivity contribution is -0.137. The number of alkyl halides is 3. The average molecular weight is 248 g/mol. The van der Waals surface area contributed by atoms with Gasteiger partial charge in [-0.15, -0.1) is 0 Å². The van der Waals surface area contributed by atoms with E-state index in [0.717, 1.165) is 13.2 Å². The molecule has 0 saturated carbocycles. The molecule has 0 aliphatic rings. The van der Waals surface area contributed by atoms with Gasteiger partial charge in [0.1, 0.15) is 0 Å². The fourth-order valence-corrected chi connectivity index (χ4v) is 1.15. The van der Waals surface area contributed by atoms with E-state index in [-0.39, 0.29) is 0 Å². The first-order valence-electron chi connectivity index (χ1n) is 4.29. The van der Waals surface area contributed by atoms with Crippen molar-refractivity contribution >= 4 is 11.9 Å². The van der Waals surface area contributed by atoms with E-state index in [1.54, 1.807) is 0 Å². The zero-order chi connectivity index (χ0) is 13.2. The lowest BCUT2D eigenvalue weighted by Gasteiger charge is -2.09. The van der Waals surface area contributed by atoms with Gasteiger partial charge < -0.3 is 9.84 Å². The SMILES string of the molecule is COC(=O)c1cc(C(=O)O)cc(C(F)(F)F)c1. The number of benzene rings is 1. The van der Waals surface area contributed by atoms with E-state index in [0.29, 0.717) is 12.1 Å². The normalized spacial score (nSPS) is 11.1. The Kier molecular flexibility index (Phi) is 3.40. The van der Waals surface area contributed by atoms with Crippen LogP contribution in [0.15, 0.2) is 18.2 Å². The predicted octanol–water partition coefficient (Wildman–Crippen LogP) is 2.19. The average Bonchev–Trinajstić information content (AvgIpc) is 2.26. The van der Waals surface area contributed by atoms with Crippen molar-refractivity contribution in [1.82, 2.24) is 0 Å². The van der Waals surface area contributed by atoms with Crippen LogP contribution in [0.2, 0.25) is 0 Å². The van der Waals surface area contributed by atoms with Crippen LogP contribution in [0.1, 0.15) is 26.3 Å². The maximum absolute atomic E-state index is 12.4. The first-order valence-corrected chi connectivity index (χ1v) is 4.29. The molecule has 1 aromatic rings. The summed E-state index contributed by atoms with van der Waals surface area (Å²) in [5, 5.41) is 8.63. The molecule has 0 saturated heterocycles. The van der Waals surface area contributed by atoms with Crippen LogP contribution in [-0.2, 0) is 10.9 Å². The third kappa shape index (κ3) is 2.96. The second kappa shape index (κ2) is 4.44. The molecule has 0 spiro atoms. The van der Waals surface area contributed by atoms with Crippen LogP contribution < -0.4 is 0 Å². The molecule has 0 aromatic heterocycles. The highest BCUT2D eigenvalue weighted by atomic mass is 19.4. The second-order valence-corrected chi connectivity index (χ2v) is 3.09. The summed E-state index contributed by atoms with van der Waals surface area (Å²) < 4.78 is 41.5. The van der Waals surface area contributed by atoms with Crippen LogP contribution in [-0.4, -0.2) is 24.2 Å². The quantitative estimate of drug-likeness (QED) is 0.815. The number of halogens is 3. The third-order valence-electron chi connectivity index (χ3n) is 1.93. The highest BCUT2D eigenvalue weighted by molar-refractivity contribution is 5.94. The van der Waals surface area contributed by atoms with Crippen molar-refractivity contribution in [2.24, 2.45) is 0 Å². The molecule has 4 nitrogen and oxygen atoms in total. The highest BCUT2D eigenvalue weighted by Crippen LogP contribution is 2.30. The zero-order valence-electron chi connectivity index (χ0n) is 8.54. The van der Waals surface area contributed by atoms with Gasteiger partial charge in [-0.25, -0.2) is 9.59 Å². The van der Waals surface area contributed by atoms with E-state index in [9.17, 15) is 22.8 Å². The molecular formula is C10H7F3O4. The van der Waals surface area contributed by atoms with Gasteiger partial charge in [0.2, 0.25) is 0 Å². The minimum atomic E-state index is -4.73. The summed E-state index contributed by atoms with van der Waals surface area (Å²) in [6.45, 7) is 0. The number of rotatable bonds is 2. The lowest BCUT2D eigenvalue weighted by atomic mass is 10.1. The van der Waals surface area contributed by atoms with E-state index in [2.05, 4.69) is 4.74 Å². The monoisotopic (exact) mass is 248 g/mol. The van der Waals surface area contributed by atoms with Gasteiger partial charge >= 0.3 is 18.1 Å². The Labute approximate surface area is 93.6 Å². The molecule has 0 fully saturated rings. The molecule has 17 heavy (non-hydrogen) atoms. The van der Waals surface area contributed by atoms with Gasteiger partial charge in [0, 0.05) is 0 Å². The largest absolute Gasteiger partial charge is 0.478 e. The summed E-state index contributed by atoms with van der Waals surface area (Å²) in [5.74, 6) is -2.58. The van der Waals surface area contributed by atoms with Crippen LogP contribution in [0, 0.1) is 0 Å². The van der Waals surface area contributed by atoms with Crippen molar-refractivity contribution in [2.45, 2.75) is 6.18 Å². The summed E-state index contributed by atoms with van der Waals surface area (Å²) in [6.07, 6.45) is -4.73. The lowest BCUT2D eigenvalue weighted by Crippen LogP contribution is -2.11. The number of carboxylic acid groups (broad SMARTS) is 1. The van der Waals surface area contributed by atoms with Crippen LogP contribution in [0.3, 0.4) is 0 Å². The van der Waals surface area contributed by atoms with E-state index in [1.165, 1.54) is 0 Å². The summed E-state index contributed by atoms with van der Waals surface area (Å²) in [7, 11) is 0.989. The Morgan fingerprint density at radius 3 is 2.12 bits per heavy atom. The minimum absolute atomic E-state index is 0.453. The number of carbonyl (C=O) groups is 2. The third-order valence-corrected chi connectivity index (χ3v) is 1.93. The molecule has 0 radical (unpaired) electrons. The van der Waals surface area contributed by atoms with Gasteiger partial charge in [0.25, 0.3) is 0 Å². The molecule has 7 heteroatoms. The molecule has 0 aliphatic heterocycles. The summed E-state index contributed by atoms with van der Waals surface area (Å²) in [4.78, 5) is 21.7. The molecule has 92 valence electrons. The van der Waals surface area contributed by atoms with Gasteiger partial charge in [-0.3, -0.25) is 0 Å². The van der Waals surface area contributed by atoms with Crippen molar-refractivity contribution in [3.63, 3.8) is 0 Å². The first-order chi connectivity index (χ1) is 7.75. The van der Waals surface area contributed by atoms with E-state index < -0.39 is 34.8 Å². The Bertz CT molecular complexity index is 465. The zero-order valence-corrected chi connectivity index (χ0v) is 8.54. The molecule has 1 rings (SSSR count). The van der Waals surface area contributed by atoms with Crippen LogP contribution >= 0.6 is 0 Å². The Hall–Kier alpha value is -2.05. The van der Waals surface area contributed by atoms with Gasteiger partial charge in [0.05, 0.1) is 23.8 Å². The fourth-order valence-electron chi connectivity index (χ4n) is 1.15. The van der Waals surface area contributed by atoms with Crippen molar-refractivity contribution in [3.8, 4) is 0 Å². The molecule has 0 atom stereocenters. The summed E-state index contributed by atoms with van der Waals surface area (Å²) >= 11 is 0. The molecule has 0 aliphatic carbocycles. The molecule has 1 N–H and O–H groups in total. The standard InChI is InChI=1S/C10H7F3O4/c1-17-9(16)6-2-5(8(14)15)3-7(4-6)10(11,12)13/h2-4H,1H3,(H,14,15). The molecular weight excluding hydrogens is 241 g/mol. The number of aromatic carboxylic acids is 1. The number of methoxy groups -OCH3 is 1. The molecule has 0 heterocycles. The highest BCUT2D eigenvalue weighted by Gasteiger charge is 2.32. The first kappa shape index (κ1) is 13.0. The van der Waals surface area contributed by atoms with Crippen LogP contribution in [0.25, 0.3) is 0 Å². The maximum atomic E-state index is 12.4. The van der Waals surface area contributed by atoms with Gasteiger partial charge in [-0.05, 0) is 18.2 Å². The van der Waals surface area contributed by atoms with E-state index in [4.69, 9.17) is 5.11 Å². The summed E-state index contributed by atoms with van der Waals surface area (Å²) in [5.41, 5.74) is -2.29. The smallest absolute Gasteiger partial charge is 0.416 e. The van der Waals surface area contributed by atoms with Crippen LogP contribution in [0.5, 0.6) is 0 Å². The number of hydrogen-bond donors (Lipinski definition) is 1. The van der Waals surface area contributed by atoms with Gasteiger partial charge in [0.15, 0.2) is 0 Å². The number of ether oxygens (including phenoxy) is 1. The van der Waals surface area contributed by atoms with Crippen molar-refractivity contribution < 1.29 is 32.6 Å². The molecule has 0 bridgehead atoms. The number of carbonyl (C=O) groups excluding carboxylic acids is 1.